The number of nitrogens with one attached hydrogen (secondary N) is 5. The summed E-state index contributed by atoms with van der Waals surface area (Å²) in [5, 5.41) is 27.8. The number of benzene rings is 2. The summed E-state index contributed by atoms with van der Waals surface area (Å²) in [6, 6.07) is 12.9. The van der Waals surface area contributed by atoms with E-state index in [2.05, 4.69) is 33.2 Å². The normalized spacial score (nSPS) is 17.0. The number of carboxylic acids is 1. The van der Waals surface area contributed by atoms with Gasteiger partial charge in [0, 0.05) is 96.2 Å². The van der Waals surface area contributed by atoms with Crippen LogP contribution in [0.15, 0.2) is 59.7 Å². The third kappa shape index (κ3) is 16.2. The molecule has 15 nitrogen and oxygen atoms in total. The van der Waals surface area contributed by atoms with E-state index in [1.807, 2.05) is 18.7 Å². The Kier molecular flexibility index (Phi) is 21.7. The monoisotopic (exact) mass is 958 g/mol. The Balaban J connectivity index is 0.884. The number of aliphatic carboxylic acids is 1. The molecule has 6 N–H and O–H groups in total. The Bertz CT molecular complexity index is 2120. The molecule has 2 saturated heterocycles. The maximum Gasteiger partial charge on any atom is 0.311 e. The van der Waals surface area contributed by atoms with Crippen LogP contribution in [0.1, 0.15) is 82.6 Å². The lowest BCUT2D eigenvalue weighted by Crippen LogP contribution is -2.36. The van der Waals surface area contributed by atoms with Crippen LogP contribution in [-0.4, -0.2) is 116 Å². The highest BCUT2D eigenvalue weighted by Crippen LogP contribution is 2.38. The van der Waals surface area contributed by atoms with Crippen LogP contribution in [0.4, 0.5) is 0 Å². The average molecular weight is 960 g/mol. The first-order chi connectivity index (χ1) is 31.5. The highest BCUT2D eigenvalue weighted by Gasteiger charge is 2.40. The number of ether oxygens (including phenoxy) is 3. The molecule has 1 aromatic heterocycles. The minimum absolute atomic E-state index is 0.00920. The summed E-state index contributed by atoms with van der Waals surface area (Å²) in [6.45, 7) is 9.67. The molecule has 4 atom stereocenters. The van der Waals surface area contributed by atoms with Crippen LogP contribution in [0, 0.1) is 0 Å². The number of amides is 3. The standard InChI is InChI=1S/C47H64Cl2N6O9S/c1-3-8-35(47(60)61)44-43(32-11-13-33(48)14-12-32)36-29-34(49)15-16-38(36)55(46(44)59)22-21-52-42(58)18-17-41(57)51-20-7-24-63-26-28-64-27-25-62-23-6-19-50-40(56)10-5-4-9-39-45-37(30-65-39)53-31(2)54-45/h11-16,29,35,37,39,45,53-54H,2-10,17-28,30H2,1H3,(H,50,56)(H,51,57)(H,52,58)(H,60,61)/t35-,37+,39+,45+/m0/s1. The van der Waals surface area contributed by atoms with Gasteiger partial charge in [0.1, 0.15) is 0 Å². The van der Waals surface area contributed by atoms with Gasteiger partial charge in [0.2, 0.25) is 17.7 Å². The van der Waals surface area contributed by atoms with Crippen molar-refractivity contribution in [3.05, 3.63) is 80.8 Å². The van der Waals surface area contributed by atoms with Crippen molar-refractivity contribution in [2.24, 2.45) is 0 Å². The highest BCUT2D eigenvalue weighted by molar-refractivity contribution is 8.00. The van der Waals surface area contributed by atoms with Gasteiger partial charge in [0.05, 0.1) is 55.8 Å². The fraction of sp³-hybridized carbons (Fsp3) is 0.553. The first kappa shape index (κ1) is 51.7. The molecule has 18 heteroatoms. The molecule has 0 bridgehead atoms. The number of carboxylic acid groups (broad SMARTS) is 1. The molecule has 356 valence electrons. The quantitative estimate of drug-likeness (QED) is 0.0429. The molecule has 5 rings (SSSR count). The summed E-state index contributed by atoms with van der Waals surface area (Å²) in [4.78, 5) is 64.1. The van der Waals surface area contributed by atoms with Crippen molar-refractivity contribution in [2.75, 3.05) is 65.0 Å². The van der Waals surface area contributed by atoms with E-state index in [1.165, 1.54) is 4.57 Å². The summed E-state index contributed by atoms with van der Waals surface area (Å²) in [6.07, 6.45) is 5.65. The van der Waals surface area contributed by atoms with E-state index in [0.717, 1.165) is 37.3 Å². The Morgan fingerprint density at radius 1 is 0.815 bits per heavy atom. The maximum absolute atomic E-state index is 14.2. The zero-order valence-electron chi connectivity index (χ0n) is 37.2. The van der Waals surface area contributed by atoms with Crippen LogP contribution in [-0.2, 0) is 39.9 Å². The lowest BCUT2D eigenvalue weighted by atomic mass is 9.86. The molecule has 0 spiro atoms. The predicted molar refractivity (Wildman–Crippen MR) is 257 cm³/mol. The Morgan fingerprint density at radius 3 is 2.05 bits per heavy atom. The minimum Gasteiger partial charge on any atom is -0.481 e. The molecule has 3 amide bonds. The molecular weight excluding hydrogens is 896 g/mol. The first-order valence-electron chi connectivity index (χ1n) is 22.7. The second-order valence-corrected chi connectivity index (χ2v) is 18.3. The molecular formula is C47H64Cl2N6O9S. The van der Waals surface area contributed by atoms with Crippen LogP contribution >= 0.6 is 35.0 Å². The number of rotatable bonds is 30. The fourth-order valence-electron chi connectivity index (χ4n) is 8.13. The lowest BCUT2D eigenvalue weighted by Gasteiger charge is -2.22. The van der Waals surface area contributed by atoms with Gasteiger partial charge in [-0.25, -0.2) is 0 Å². The largest absolute Gasteiger partial charge is 0.481 e. The molecule has 2 fully saturated rings. The van der Waals surface area contributed by atoms with Crippen LogP contribution < -0.4 is 32.1 Å². The number of thioether (sulfide) groups is 1. The van der Waals surface area contributed by atoms with Gasteiger partial charge < -0.3 is 50.5 Å². The number of pyridine rings is 1. The molecule has 2 aliphatic rings. The van der Waals surface area contributed by atoms with Crippen molar-refractivity contribution < 1.29 is 38.5 Å². The molecule has 3 heterocycles. The third-order valence-electron chi connectivity index (χ3n) is 11.3. The summed E-state index contributed by atoms with van der Waals surface area (Å²) in [5.74, 6) is -0.692. The number of fused-ring (bicyclic) bond motifs is 2. The summed E-state index contributed by atoms with van der Waals surface area (Å²) in [5.41, 5.74) is 1.34. The smallest absolute Gasteiger partial charge is 0.311 e. The van der Waals surface area contributed by atoms with Crippen molar-refractivity contribution in [3.8, 4) is 11.1 Å². The van der Waals surface area contributed by atoms with Gasteiger partial charge in [0.25, 0.3) is 5.56 Å². The van der Waals surface area contributed by atoms with E-state index >= 15 is 0 Å². The number of carbonyl (C=O) groups is 4. The molecule has 2 aliphatic heterocycles. The van der Waals surface area contributed by atoms with Crippen LogP contribution in [0.2, 0.25) is 10.0 Å². The van der Waals surface area contributed by atoms with E-state index in [1.54, 1.807) is 42.5 Å². The van der Waals surface area contributed by atoms with Crippen LogP contribution in [0.5, 0.6) is 0 Å². The number of hydrogen-bond acceptors (Lipinski definition) is 11. The van der Waals surface area contributed by atoms with Crippen LogP contribution in [0.3, 0.4) is 0 Å². The molecule has 0 unspecified atom stereocenters. The maximum atomic E-state index is 14.2. The summed E-state index contributed by atoms with van der Waals surface area (Å²) in [7, 11) is 0. The predicted octanol–water partition coefficient (Wildman–Crippen LogP) is 5.98. The second kappa shape index (κ2) is 27.4. The Hall–Kier alpha value is -4.32. The summed E-state index contributed by atoms with van der Waals surface area (Å²) < 4.78 is 18.2. The zero-order valence-corrected chi connectivity index (χ0v) is 39.6. The fourth-order valence-corrected chi connectivity index (χ4v) is 9.97. The number of carbonyl (C=O) groups excluding carboxylic acids is 3. The van der Waals surface area contributed by atoms with Gasteiger partial charge in [-0.2, -0.15) is 11.8 Å². The second-order valence-electron chi connectivity index (χ2n) is 16.2. The first-order valence-corrected chi connectivity index (χ1v) is 24.5. The molecule has 0 saturated carbocycles. The van der Waals surface area contributed by atoms with E-state index in [0.29, 0.717) is 121 Å². The van der Waals surface area contributed by atoms with Gasteiger partial charge in [0.15, 0.2) is 0 Å². The van der Waals surface area contributed by atoms with Gasteiger partial charge in [-0.15, -0.1) is 0 Å². The van der Waals surface area contributed by atoms with Crippen molar-refractivity contribution in [2.45, 2.75) is 101 Å². The van der Waals surface area contributed by atoms with E-state index in [4.69, 9.17) is 37.4 Å². The van der Waals surface area contributed by atoms with E-state index < -0.39 is 17.4 Å². The average Bonchev–Trinajstić information content (AvgIpc) is 3.84. The number of hydrogen-bond donors (Lipinski definition) is 6. The number of halogens is 2. The van der Waals surface area contributed by atoms with Gasteiger partial charge in [-0.1, -0.05) is 61.7 Å². The van der Waals surface area contributed by atoms with Crippen molar-refractivity contribution in [1.82, 2.24) is 31.2 Å². The SMILES string of the molecule is C=C1N[C@@H]2[C@@H](CS[C@@H]2CCCCC(=O)NCCCOCCOCCOCCCNC(=O)CCC(=O)NCCn2c(=O)c([C@H](CCC)C(=O)O)c(-c3ccc(Cl)cc3)c3cc(Cl)ccc32)N1. The summed E-state index contributed by atoms with van der Waals surface area (Å²) >= 11 is 14.6. The number of unbranched alkanes of at least 4 members (excludes halogenated alkanes) is 1. The zero-order chi connectivity index (χ0) is 46.6. The van der Waals surface area contributed by atoms with Gasteiger partial charge >= 0.3 is 5.97 Å². The van der Waals surface area contributed by atoms with Crippen molar-refractivity contribution in [3.63, 3.8) is 0 Å². The minimum atomic E-state index is -1.11. The Morgan fingerprint density at radius 2 is 1.42 bits per heavy atom. The van der Waals surface area contributed by atoms with Gasteiger partial charge in [-0.3, -0.25) is 24.0 Å². The lowest BCUT2D eigenvalue weighted by molar-refractivity contribution is -0.139. The molecule has 0 aliphatic carbocycles. The van der Waals surface area contributed by atoms with E-state index in [-0.39, 0.29) is 55.6 Å². The van der Waals surface area contributed by atoms with Crippen molar-refractivity contribution >= 4 is 69.6 Å². The third-order valence-corrected chi connectivity index (χ3v) is 13.3. The molecule has 3 aromatic rings. The molecule has 2 aromatic carbocycles. The topological polar surface area (TPSA) is 198 Å². The number of nitrogens with zero attached hydrogens (tertiary/aromatic N) is 1. The number of aromatic nitrogens is 1. The Labute approximate surface area is 395 Å². The van der Waals surface area contributed by atoms with Gasteiger partial charge in [-0.05, 0) is 68.0 Å². The van der Waals surface area contributed by atoms with Crippen LogP contribution in [0.25, 0.3) is 22.0 Å². The molecule has 0 radical (unpaired) electrons. The highest BCUT2D eigenvalue weighted by atomic mass is 35.5. The van der Waals surface area contributed by atoms with Crippen molar-refractivity contribution in [1.29, 1.82) is 0 Å². The molecule has 65 heavy (non-hydrogen) atoms. The van der Waals surface area contributed by atoms with E-state index in [9.17, 15) is 29.1 Å².